The molecular weight excluding hydrogens is 467 g/mol. The van der Waals surface area contributed by atoms with E-state index in [9.17, 15) is 14.4 Å². The smallest absolute Gasteiger partial charge is 0.265 e. The average Bonchev–Trinajstić information content (AvgIpc) is 3.52. The van der Waals surface area contributed by atoms with Crippen LogP contribution >= 0.6 is 23.2 Å². The van der Waals surface area contributed by atoms with Crippen molar-refractivity contribution in [3.8, 4) is 0 Å². The quantitative estimate of drug-likeness (QED) is 0.520. The van der Waals surface area contributed by atoms with Crippen molar-refractivity contribution >= 4 is 57.6 Å². The number of carbonyl (C=O) groups is 3. The first-order chi connectivity index (χ1) is 15.8. The number of aromatic nitrogens is 2. The van der Waals surface area contributed by atoms with Gasteiger partial charge in [-0.3, -0.25) is 19.0 Å². The first-order valence-corrected chi connectivity index (χ1v) is 11.2. The number of amides is 2. The van der Waals surface area contributed by atoms with Gasteiger partial charge in [0.1, 0.15) is 5.82 Å². The van der Waals surface area contributed by atoms with Crippen molar-refractivity contribution < 1.29 is 19.1 Å². The first-order valence-electron chi connectivity index (χ1n) is 10.4. The number of halogens is 2. The van der Waals surface area contributed by atoms with Crippen LogP contribution in [0.1, 0.15) is 40.5 Å². The lowest BCUT2D eigenvalue weighted by molar-refractivity contribution is -0.117. The summed E-state index contributed by atoms with van der Waals surface area (Å²) < 4.78 is 6.40. The highest BCUT2D eigenvalue weighted by Crippen LogP contribution is 2.32. The van der Waals surface area contributed by atoms with Gasteiger partial charge in [0.05, 0.1) is 27.7 Å². The Morgan fingerprint density at radius 2 is 1.91 bits per heavy atom. The molecule has 1 atom stereocenters. The fraction of sp³-hybridized carbons (Fsp3) is 0.304. The van der Waals surface area contributed by atoms with Crippen LogP contribution < -0.4 is 10.6 Å². The molecule has 1 aliphatic rings. The van der Waals surface area contributed by atoms with E-state index in [1.54, 1.807) is 32.4 Å². The topological polar surface area (TPSA) is 102 Å². The van der Waals surface area contributed by atoms with Crippen LogP contribution in [0.15, 0.2) is 36.7 Å². The minimum atomic E-state index is -0.467. The van der Waals surface area contributed by atoms with Gasteiger partial charge in [-0.05, 0) is 44.0 Å². The summed E-state index contributed by atoms with van der Waals surface area (Å²) in [6.07, 6.45) is 4.84. The van der Waals surface area contributed by atoms with Crippen LogP contribution in [0, 0.1) is 5.92 Å². The van der Waals surface area contributed by atoms with Crippen molar-refractivity contribution in [2.75, 3.05) is 19.0 Å². The molecule has 0 unspecified atom stereocenters. The number of carbonyl (C=O) groups excluding carboxylic acids is 3. The second-order valence-corrected chi connectivity index (χ2v) is 8.81. The number of pyridine rings is 1. The molecule has 0 spiro atoms. The summed E-state index contributed by atoms with van der Waals surface area (Å²) >= 11 is 12.8. The molecule has 33 heavy (non-hydrogen) atoms. The number of ether oxygens (including phenoxy) is 1. The van der Waals surface area contributed by atoms with Crippen LogP contribution in [0.5, 0.6) is 0 Å². The van der Waals surface area contributed by atoms with E-state index in [0.29, 0.717) is 23.3 Å². The van der Waals surface area contributed by atoms with E-state index in [4.69, 9.17) is 27.9 Å². The van der Waals surface area contributed by atoms with Crippen molar-refractivity contribution in [1.82, 2.24) is 14.9 Å². The number of fused-ring (bicyclic) bond motifs is 1. The molecule has 1 aromatic carbocycles. The van der Waals surface area contributed by atoms with Gasteiger partial charge in [0.2, 0.25) is 5.91 Å². The lowest BCUT2D eigenvalue weighted by Crippen LogP contribution is -2.35. The molecule has 0 aliphatic heterocycles. The third-order valence-electron chi connectivity index (χ3n) is 5.34. The number of anilines is 1. The molecule has 2 aromatic heterocycles. The van der Waals surface area contributed by atoms with Crippen molar-refractivity contribution in [3.63, 3.8) is 0 Å². The summed E-state index contributed by atoms with van der Waals surface area (Å²) in [4.78, 5) is 42.2. The zero-order chi connectivity index (χ0) is 23.7. The predicted molar refractivity (Wildman–Crippen MR) is 126 cm³/mol. The highest BCUT2D eigenvalue weighted by Gasteiger charge is 2.30. The third kappa shape index (κ3) is 4.88. The minimum absolute atomic E-state index is 0.0246. The van der Waals surface area contributed by atoms with Crippen LogP contribution in [0.2, 0.25) is 10.0 Å². The molecule has 10 heteroatoms. The van der Waals surface area contributed by atoms with Gasteiger partial charge in [-0.1, -0.05) is 23.2 Å². The Morgan fingerprint density at radius 1 is 1.21 bits per heavy atom. The fourth-order valence-corrected chi connectivity index (χ4v) is 4.18. The summed E-state index contributed by atoms with van der Waals surface area (Å²) in [7, 11) is 1.54. The average molecular weight is 489 g/mol. The lowest BCUT2D eigenvalue weighted by Gasteiger charge is -2.14. The van der Waals surface area contributed by atoms with Crippen LogP contribution in [0.25, 0.3) is 10.9 Å². The van der Waals surface area contributed by atoms with Crippen molar-refractivity contribution in [3.05, 3.63) is 57.8 Å². The molecule has 2 N–H and O–H groups in total. The molecule has 0 saturated heterocycles. The maximum atomic E-state index is 13.3. The Kier molecular flexibility index (Phi) is 6.69. The Hall–Kier alpha value is -2.94. The van der Waals surface area contributed by atoms with Crippen LogP contribution in [-0.2, 0) is 9.53 Å². The number of nitrogens with one attached hydrogen (secondary N) is 2. The van der Waals surface area contributed by atoms with Gasteiger partial charge in [0.25, 0.3) is 11.8 Å². The first kappa shape index (κ1) is 23.2. The molecule has 0 radical (unpaired) electrons. The second-order valence-electron chi connectivity index (χ2n) is 7.99. The maximum Gasteiger partial charge on any atom is 0.265 e. The molecule has 2 heterocycles. The maximum absolute atomic E-state index is 13.3. The lowest BCUT2D eigenvalue weighted by atomic mass is 10.1. The monoisotopic (exact) mass is 488 g/mol. The van der Waals surface area contributed by atoms with Gasteiger partial charge >= 0.3 is 0 Å². The summed E-state index contributed by atoms with van der Waals surface area (Å²) in [5.41, 5.74) is 0.845. The molecule has 0 bridgehead atoms. The molecule has 4 rings (SSSR count). The van der Waals surface area contributed by atoms with Gasteiger partial charge in [-0.25, -0.2) is 4.98 Å². The fourth-order valence-electron chi connectivity index (χ4n) is 3.54. The van der Waals surface area contributed by atoms with E-state index >= 15 is 0 Å². The van der Waals surface area contributed by atoms with Crippen molar-refractivity contribution in [2.45, 2.75) is 25.8 Å². The predicted octanol–water partition coefficient (Wildman–Crippen LogP) is 4.14. The highest BCUT2D eigenvalue weighted by atomic mass is 35.5. The Bertz CT molecular complexity index is 1230. The molecular formula is C23H22Cl2N4O4. The molecule has 1 saturated carbocycles. The summed E-state index contributed by atoms with van der Waals surface area (Å²) in [6.45, 7) is 2.15. The Labute approximate surface area is 200 Å². The van der Waals surface area contributed by atoms with E-state index in [1.807, 2.05) is 0 Å². The van der Waals surface area contributed by atoms with E-state index in [2.05, 4.69) is 15.6 Å². The number of methoxy groups -OCH3 is 1. The minimum Gasteiger partial charge on any atom is -0.383 e. The molecule has 8 nitrogen and oxygen atoms in total. The van der Waals surface area contributed by atoms with Crippen LogP contribution in [0.3, 0.4) is 0 Å². The van der Waals surface area contributed by atoms with E-state index in [1.165, 1.54) is 22.9 Å². The molecule has 3 aromatic rings. The van der Waals surface area contributed by atoms with E-state index < -0.39 is 5.91 Å². The van der Waals surface area contributed by atoms with E-state index in [0.717, 1.165) is 12.8 Å². The summed E-state index contributed by atoms with van der Waals surface area (Å²) in [6, 6.07) is 5.97. The van der Waals surface area contributed by atoms with Gasteiger partial charge < -0.3 is 15.4 Å². The zero-order valence-electron chi connectivity index (χ0n) is 18.0. The third-order valence-corrected chi connectivity index (χ3v) is 5.93. The number of nitrogens with zero attached hydrogens (tertiary/aromatic N) is 2. The Balaban J connectivity index is 1.62. The largest absolute Gasteiger partial charge is 0.383 e. The summed E-state index contributed by atoms with van der Waals surface area (Å²) in [5.74, 6) is -0.503. The van der Waals surface area contributed by atoms with Gasteiger partial charge in [-0.15, -0.1) is 0 Å². The SMILES string of the molecule is COC[C@@H](C)NC(=O)c1cc(Cl)c(C(=O)n2ccc3c(NC(=O)C4CC4)nccc32)c(Cl)c1. The summed E-state index contributed by atoms with van der Waals surface area (Å²) in [5, 5.41) is 6.32. The van der Waals surface area contributed by atoms with Gasteiger partial charge in [0.15, 0.2) is 0 Å². The number of hydrogen-bond acceptors (Lipinski definition) is 5. The highest BCUT2D eigenvalue weighted by molar-refractivity contribution is 6.40. The van der Waals surface area contributed by atoms with Gasteiger partial charge in [0, 0.05) is 42.4 Å². The zero-order valence-corrected chi connectivity index (χ0v) is 19.5. The van der Waals surface area contributed by atoms with E-state index in [-0.39, 0.29) is 44.9 Å². The van der Waals surface area contributed by atoms with Gasteiger partial charge in [-0.2, -0.15) is 0 Å². The molecule has 1 aliphatic carbocycles. The van der Waals surface area contributed by atoms with Crippen molar-refractivity contribution in [2.24, 2.45) is 5.92 Å². The number of benzene rings is 1. The Morgan fingerprint density at radius 3 is 2.55 bits per heavy atom. The standard InChI is InChI=1S/C23H22Cl2N4O4/c1-12(11-33-2)27-22(31)14-9-16(24)19(17(25)10-14)23(32)29-8-6-15-18(29)5-7-26-20(15)28-21(30)13-3-4-13/h5-10,12-13H,3-4,11H2,1-2H3,(H,27,31)(H,26,28,30)/t12-/m1/s1. The molecule has 2 amide bonds. The number of hydrogen-bond donors (Lipinski definition) is 2. The van der Waals surface area contributed by atoms with Crippen LogP contribution in [0.4, 0.5) is 5.82 Å². The normalized spacial score (nSPS) is 14.2. The number of rotatable bonds is 7. The van der Waals surface area contributed by atoms with Crippen LogP contribution in [-0.4, -0.2) is 47.0 Å². The molecule has 1 fully saturated rings. The molecule has 172 valence electrons. The van der Waals surface area contributed by atoms with Crippen molar-refractivity contribution in [1.29, 1.82) is 0 Å². The second kappa shape index (κ2) is 9.51.